The van der Waals surface area contributed by atoms with Crippen molar-refractivity contribution >= 4 is 23.1 Å². The number of ether oxygens (including phenoxy) is 3. The van der Waals surface area contributed by atoms with Gasteiger partial charge in [-0.05, 0) is 49.5 Å². The zero-order valence-electron chi connectivity index (χ0n) is 23.3. The molecule has 3 aliphatic heterocycles. The fourth-order valence-corrected chi connectivity index (χ4v) is 5.49. The zero-order valence-corrected chi connectivity index (χ0v) is 23.3. The van der Waals surface area contributed by atoms with Crippen molar-refractivity contribution in [2.75, 3.05) is 50.1 Å². The van der Waals surface area contributed by atoms with Gasteiger partial charge in [-0.25, -0.2) is 9.78 Å². The van der Waals surface area contributed by atoms with E-state index in [9.17, 15) is 4.79 Å². The molecule has 2 atom stereocenters. The first-order chi connectivity index (χ1) is 19.5. The second-order valence-corrected chi connectivity index (χ2v) is 10.7. The van der Waals surface area contributed by atoms with Gasteiger partial charge in [0, 0.05) is 44.9 Å². The van der Waals surface area contributed by atoms with E-state index < -0.39 is 5.97 Å². The molecule has 1 saturated heterocycles. The van der Waals surface area contributed by atoms with E-state index in [1.165, 1.54) is 29.4 Å². The van der Waals surface area contributed by atoms with Crippen molar-refractivity contribution in [3.8, 4) is 5.88 Å². The number of furan rings is 1. The molecule has 2 unspecified atom stereocenters. The average molecular weight is 545 g/mol. The van der Waals surface area contributed by atoms with Crippen molar-refractivity contribution in [1.82, 2.24) is 9.88 Å². The maximum atomic E-state index is 12.0. The Morgan fingerprint density at radius 2 is 2.05 bits per heavy atom. The Hall–Kier alpha value is -3.82. The topological polar surface area (TPSA) is 89.3 Å². The van der Waals surface area contributed by atoms with E-state index in [2.05, 4.69) is 59.3 Å². The van der Waals surface area contributed by atoms with E-state index >= 15 is 0 Å². The molecule has 9 nitrogen and oxygen atoms in total. The molecular formula is C31H36N4O5. The minimum absolute atomic E-state index is 0.0275. The van der Waals surface area contributed by atoms with E-state index in [4.69, 9.17) is 23.6 Å². The number of esters is 1. The minimum atomic E-state index is -0.477. The van der Waals surface area contributed by atoms with Crippen LogP contribution >= 0.6 is 0 Å². The highest BCUT2D eigenvalue weighted by Gasteiger charge is 2.37. The fourth-order valence-electron chi connectivity index (χ4n) is 5.49. The van der Waals surface area contributed by atoms with E-state index in [0.29, 0.717) is 24.9 Å². The number of carbonyl (C=O) groups excluding carboxylic acids is 1. The van der Waals surface area contributed by atoms with Gasteiger partial charge in [0.1, 0.15) is 18.5 Å². The number of aromatic nitrogens is 1. The van der Waals surface area contributed by atoms with Crippen LogP contribution in [-0.4, -0.2) is 68.0 Å². The number of hydrogen-bond donors (Lipinski definition) is 1. The lowest BCUT2D eigenvalue weighted by molar-refractivity contribution is -0.0455. The highest BCUT2D eigenvalue weighted by atomic mass is 16.5. The third-order valence-corrected chi connectivity index (χ3v) is 7.90. The smallest absolute Gasteiger partial charge is 0.374 e. The summed E-state index contributed by atoms with van der Waals surface area (Å²) >= 11 is 0. The van der Waals surface area contributed by atoms with Crippen LogP contribution in [0.5, 0.6) is 5.88 Å². The zero-order chi connectivity index (χ0) is 27.6. The van der Waals surface area contributed by atoms with Gasteiger partial charge in [0.2, 0.25) is 17.5 Å². The second-order valence-electron chi connectivity index (χ2n) is 10.7. The Balaban J connectivity index is 1.08. The predicted molar refractivity (Wildman–Crippen MR) is 153 cm³/mol. The van der Waals surface area contributed by atoms with Crippen LogP contribution in [0.3, 0.4) is 0 Å². The van der Waals surface area contributed by atoms with Crippen LogP contribution in [0.2, 0.25) is 0 Å². The fraction of sp³-hybridized carbons (Fsp3) is 0.419. The van der Waals surface area contributed by atoms with Crippen LogP contribution in [0.15, 0.2) is 53.0 Å². The number of nitrogens with zero attached hydrogens (tertiary/aromatic N) is 3. The first-order valence-corrected chi connectivity index (χ1v) is 13.9. The van der Waals surface area contributed by atoms with Gasteiger partial charge in [-0.1, -0.05) is 35.9 Å². The molecule has 2 aromatic heterocycles. The second kappa shape index (κ2) is 11.3. The maximum absolute atomic E-state index is 12.0. The molecule has 40 heavy (non-hydrogen) atoms. The summed E-state index contributed by atoms with van der Waals surface area (Å²) in [5.41, 5.74) is 6.68. The molecule has 0 saturated carbocycles. The normalized spacial score (nSPS) is 20.4. The number of nitrogens with one attached hydrogen (secondary N) is 1. The first kappa shape index (κ1) is 26.4. The summed E-state index contributed by atoms with van der Waals surface area (Å²) in [4.78, 5) is 21.4. The number of hydrogen-bond acceptors (Lipinski definition) is 9. The Bertz CT molecular complexity index is 1410. The number of carbonyl (C=O) groups is 1. The number of rotatable bonds is 9. The summed E-state index contributed by atoms with van der Waals surface area (Å²) in [5.74, 6) is 1.05. The number of fused-ring (bicyclic) bond motifs is 1. The van der Waals surface area contributed by atoms with Gasteiger partial charge in [-0.3, -0.25) is 4.90 Å². The molecule has 3 aliphatic rings. The van der Waals surface area contributed by atoms with Crippen LogP contribution in [0.4, 0.5) is 11.6 Å². The highest BCUT2D eigenvalue weighted by molar-refractivity contribution is 5.90. The van der Waals surface area contributed by atoms with Crippen molar-refractivity contribution in [3.05, 3.63) is 76.7 Å². The van der Waals surface area contributed by atoms with Crippen LogP contribution in [0.25, 0.3) is 5.57 Å². The van der Waals surface area contributed by atoms with Gasteiger partial charge in [-0.2, -0.15) is 0 Å². The van der Waals surface area contributed by atoms with Gasteiger partial charge in [0.05, 0.1) is 18.9 Å². The summed E-state index contributed by atoms with van der Waals surface area (Å²) in [6.07, 6.45) is 4.40. The van der Waals surface area contributed by atoms with Crippen LogP contribution < -0.4 is 15.0 Å². The summed E-state index contributed by atoms with van der Waals surface area (Å²) in [5, 5.41) is 3.55. The summed E-state index contributed by atoms with van der Waals surface area (Å²) in [6.45, 7) is 8.77. The third-order valence-electron chi connectivity index (χ3n) is 7.90. The number of anilines is 2. The van der Waals surface area contributed by atoms with Gasteiger partial charge in [0.25, 0.3) is 0 Å². The van der Waals surface area contributed by atoms with Gasteiger partial charge < -0.3 is 28.8 Å². The maximum Gasteiger partial charge on any atom is 0.374 e. The van der Waals surface area contributed by atoms with Gasteiger partial charge in [-0.15, -0.1) is 0 Å². The quantitative estimate of drug-likeness (QED) is 0.382. The van der Waals surface area contributed by atoms with E-state index in [1.54, 1.807) is 6.07 Å². The third kappa shape index (κ3) is 5.57. The lowest BCUT2D eigenvalue weighted by Crippen LogP contribution is -2.50. The van der Waals surface area contributed by atoms with Crippen molar-refractivity contribution in [2.24, 2.45) is 0 Å². The van der Waals surface area contributed by atoms with Crippen LogP contribution in [0, 0.1) is 13.8 Å². The molecule has 6 rings (SSSR count). The SMILES string of the molecule is COC(=O)c1cc2c(o1)N(CC1CCO1)C(CN1CC=C(c3cccc(OCc4ccc(C)cc4C)n3)CC1)N2. The molecule has 5 heterocycles. The number of methoxy groups -OCH3 is 1. The lowest BCUT2D eigenvalue weighted by atomic mass is 10.0. The summed E-state index contributed by atoms with van der Waals surface area (Å²) < 4.78 is 22.5. The molecule has 0 radical (unpaired) electrons. The monoisotopic (exact) mass is 544 g/mol. The molecule has 0 amide bonds. The number of benzene rings is 1. The molecular weight excluding hydrogens is 508 g/mol. The minimum Gasteiger partial charge on any atom is -0.473 e. The van der Waals surface area contributed by atoms with Crippen molar-refractivity contribution in [3.63, 3.8) is 0 Å². The molecule has 1 N–H and O–H groups in total. The Labute approximate surface area is 234 Å². The van der Waals surface area contributed by atoms with Crippen molar-refractivity contribution < 1.29 is 23.4 Å². The number of pyridine rings is 1. The lowest BCUT2D eigenvalue weighted by Gasteiger charge is -2.36. The van der Waals surface area contributed by atoms with E-state index in [0.717, 1.165) is 50.5 Å². The van der Waals surface area contributed by atoms with Gasteiger partial charge in [0.15, 0.2) is 0 Å². The van der Waals surface area contributed by atoms with E-state index in [-0.39, 0.29) is 18.0 Å². The van der Waals surface area contributed by atoms with Crippen LogP contribution in [0.1, 0.15) is 45.8 Å². The Morgan fingerprint density at radius 1 is 1.18 bits per heavy atom. The molecule has 0 aliphatic carbocycles. The average Bonchev–Trinajstić information content (AvgIpc) is 3.48. The molecule has 1 fully saturated rings. The Kier molecular flexibility index (Phi) is 7.49. The summed E-state index contributed by atoms with van der Waals surface area (Å²) in [6, 6.07) is 14.1. The standard InChI is InChI=1S/C31H36N4O5/c1-20-7-8-23(21(2)15-20)19-39-29-6-4-5-25(33-29)22-9-12-34(13-10-22)18-28-32-26-16-27(31(36)37-3)40-30(26)35(28)17-24-11-14-38-24/h4-9,15-16,24,28,32H,10-14,17-19H2,1-3H3. The number of aryl methyl sites for hydroxylation is 2. The van der Waals surface area contributed by atoms with Crippen molar-refractivity contribution in [1.29, 1.82) is 0 Å². The Morgan fingerprint density at radius 3 is 2.77 bits per heavy atom. The largest absolute Gasteiger partial charge is 0.473 e. The van der Waals surface area contributed by atoms with E-state index in [1.807, 2.05) is 12.1 Å². The molecule has 0 bridgehead atoms. The first-order valence-electron chi connectivity index (χ1n) is 13.9. The summed E-state index contributed by atoms with van der Waals surface area (Å²) in [7, 11) is 1.36. The molecule has 1 aromatic carbocycles. The molecule has 0 spiro atoms. The van der Waals surface area contributed by atoms with Crippen LogP contribution in [-0.2, 0) is 16.1 Å². The molecule has 9 heteroatoms. The molecule has 3 aromatic rings. The predicted octanol–water partition coefficient (Wildman–Crippen LogP) is 4.79. The van der Waals surface area contributed by atoms with Gasteiger partial charge >= 0.3 is 5.97 Å². The highest BCUT2D eigenvalue weighted by Crippen LogP contribution is 2.39. The molecule has 210 valence electrons. The van der Waals surface area contributed by atoms with Crippen molar-refractivity contribution in [2.45, 2.75) is 45.6 Å².